The van der Waals surface area contributed by atoms with Crippen LogP contribution in [0.1, 0.15) is 18.4 Å². The van der Waals surface area contributed by atoms with Gasteiger partial charge < -0.3 is 5.32 Å². The number of nitriles is 1. The maximum atomic E-state index is 8.30. The number of aryl methyl sites for hydroxylation is 1. The van der Waals surface area contributed by atoms with Crippen molar-refractivity contribution in [2.45, 2.75) is 19.8 Å². The van der Waals surface area contributed by atoms with Gasteiger partial charge in [-0.25, -0.2) is 0 Å². The molecule has 0 amide bonds. The number of rotatable bonds is 4. The van der Waals surface area contributed by atoms with Crippen LogP contribution in [0.15, 0.2) is 10.8 Å². The van der Waals surface area contributed by atoms with Gasteiger partial charge in [0.2, 0.25) is 0 Å². The molecule has 12 heavy (non-hydrogen) atoms. The Kier molecular flexibility index (Phi) is 3.62. The van der Waals surface area contributed by atoms with Crippen molar-refractivity contribution in [2.24, 2.45) is 0 Å². The molecule has 0 bridgehead atoms. The third-order valence-corrected chi connectivity index (χ3v) is 2.50. The summed E-state index contributed by atoms with van der Waals surface area (Å²) in [4.78, 5) is 0. The zero-order valence-electron chi connectivity index (χ0n) is 7.13. The molecule has 1 aromatic heterocycles. The van der Waals surface area contributed by atoms with Gasteiger partial charge in [-0.2, -0.15) is 5.26 Å². The van der Waals surface area contributed by atoms with E-state index in [1.807, 2.05) is 0 Å². The van der Waals surface area contributed by atoms with Crippen LogP contribution in [-0.2, 0) is 0 Å². The van der Waals surface area contributed by atoms with Gasteiger partial charge in [-0.05, 0) is 24.3 Å². The van der Waals surface area contributed by atoms with Crippen LogP contribution in [0.5, 0.6) is 0 Å². The smallest absolute Gasteiger partial charge is 0.0622 e. The highest BCUT2D eigenvalue weighted by atomic mass is 32.1. The topological polar surface area (TPSA) is 35.8 Å². The molecule has 0 aliphatic heterocycles. The van der Waals surface area contributed by atoms with Gasteiger partial charge in [-0.3, -0.25) is 0 Å². The van der Waals surface area contributed by atoms with E-state index in [1.165, 1.54) is 11.3 Å². The lowest BCUT2D eigenvalue weighted by atomic mass is 10.3. The first-order valence-electron chi connectivity index (χ1n) is 3.98. The molecule has 0 saturated carbocycles. The Morgan fingerprint density at radius 3 is 3.00 bits per heavy atom. The van der Waals surface area contributed by atoms with Crippen LogP contribution >= 0.6 is 11.3 Å². The maximum Gasteiger partial charge on any atom is 0.0622 e. The Labute approximate surface area is 76.8 Å². The molecule has 0 atom stereocenters. The second kappa shape index (κ2) is 4.78. The van der Waals surface area contributed by atoms with Gasteiger partial charge >= 0.3 is 0 Å². The quantitative estimate of drug-likeness (QED) is 0.723. The van der Waals surface area contributed by atoms with Gasteiger partial charge in [0.05, 0.1) is 6.07 Å². The first kappa shape index (κ1) is 9.08. The molecule has 64 valence electrons. The first-order chi connectivity index (χ1) is 5.84. The average molecular weight is 180 g/mol. The van der Waals surface area contributed by atoms with Gasteiger partial charge in [-0.15, -0.1) is 11.3 Å². The molecular formula is C9H12N2S. The van der Waals surface area contributed by atoms with Crippen molar-refractivity contribution in [2.75, 3.05) is 11.9 Å². The summed E-state index contributed by atoms with van der Waals surface area (Å²) in [5.41, 5.74) is 2.50. The number of nitrogens with zero attached hydrogens (tertiary/aromatic N) is 1. The Hall–Kier alpha value is -1.01. The SMILES string of the molecule is Cc1cscc1NCCCC#N. The van der Waals surface area contributed by atoms with Crippen molar-refractivity contribution in [3.63, 3.8) is 0 Å². The van der Waals surface area contributed by atoms with Crippen LogP contribution in [0.25, 0.3) is 0 Å². The minimum absolute atomic E-state index is 0.635. The van der Waals surface area contributed by atoms with E-state index in [0.29, 0.717) is 6.42 Å². The molecule has 0 saturated heterocycles. The van der Waals surface area contributed by atoms with E-state index >= 15 is 0 Å². The number of hydrogen-bond donors (Lipinski definition) is 1. The highest BCUT2D eigenvalue weighted by Crippen LogP contribution is 2.18. The molecule has 0 aromatic carbocycles. The summed E-state index contributed by atoms with van der Waals surface area (Å²) in [7, 11) is 0. The van der Waals surface area contributed by atoms with E-state index in [2.05, 4.69) is 29.1 Å². The maximum absolute atomic E-state index is 8.30. The zero-order chi connectivity index (χ0) is 8.81. The van der Waals surface area contributed by atoms with Gasteiger partial charge in [-0.1, -0.05) is 0 Å². The van der Waals surface area contributed by atoms with Crippen LogP contribution in [0.4, 0.5) is 5.69 Å². The van der Waals surface area contributed by atoms with Crippen LogP contribution in [0.2, 0.25) is 0 Å². The highest BCUT2D eigenvalue weighted by Gasteiger charge is 1.96. The highest BCUT2D eigenvalue weighted by molar-refractivity contribution is 7.08. The summed E-state index contributed by atoms with van der Waals surface area (Å²) >= 11 is 1.70. The van der Waals surface area contributed by atoms with E-state index < -0.39 is 0 Å². The molecule has 0 fully saturated rings. The number of unbranched alkanes of at least 4 members (excludes halogenated alkanes) is 1. The third-order valence-electron chi connectivity index (χ3n) is 1.64. The van der Waals surface area contributed by atoms with Gasteiger partial charge in [0, 0.05) is 24.0 Å². The third kappa shape index (κ3) is 2.55. The molecule has 0 radical (unpaired) electrons. The zero-order valence-corrected chi connectivity index (χ0v) is 7.95. The van der Waals surface area contributed by atoms with E-state index in [-0.39, 0.29) is 0 Å². The van der Waals surface area contributed by atoms with Gasteiger partial charge in [0.1, 0.15) is 0 Å². The predicted molar refractivity (Wildman–Crippen MR) is 52.4 cm³/mol. The number of nitrogens with one attached hydrogen (secondary N) is 1. The number of anilines is 1. The fraction of sp³-hybridized carbons (Fsp3) is 0.444. The molecule has 0 spiro atoms. The summed E-state index contributed by atoms with van der Waals surface area (Å²) in [5, 5.41) is 15.8. The van der Waals surface area contributed by atoms with Crippen molar-refractivity contribution in [1.29, 1.82) is 5.26 Å². The molecular weight excluding hydrogens is 168 g/mol. The van der Waals surface area contributed by atoms with E-state index in [1.54, 1.807) is 11.3 Å². The van der Waals surface area contributed by atoms with Crippen molar-refractivity contribution in [3.8, 4) is 6.07 Å². The molecule has 3 heteroatoms. The second-order valence-electron chi connectivity index (χ2n) is 2.66. The van der Waals surface area contributed by atoms with Crippen molar-refractivity contribution < 1.29 is 0 Å². The average Bonchev–Trinajstić information content (AvgIpc) is 2.46. The fourth-order valence-corrected chi connectivity index (χ4v) is 1.74. The Morgan fingerprint density at radius 2 is 2.42 bits per heavy atom. The molecule has 0 aliphatic carbocycles. The lowest BCUT2D eigenvalue weighted by Gasteiger charge is -2.02. The van der Waals surface area contributed by atoms with Crippen molar-refractivity contribution in [3.05, 3.63) is 16.3 Å². The second-order valence-corrected chi connectivity index (χ2v) is 3.40. The first-order valence-corrected chi connectivity index (χ1v) is 4.92. The fourth-order valence-electron chi connectivity index (χ4n) is 0.932. The molecule has 0 unspecified atom stereocenters. The van der Waals surface area contributed by atoms with E-state index in [4.69, 9.17) is 5.26 Å². The lowest BCUT2D eigenvalue weighted by Crippen LogP contribution is -2.00. The molecule has 1 N–H and O–H groups in total. The van der Waals surface area contributed by atoms with Crippen molar-refractivity contribution >= 4 is 17.0 Å². The monoisotopic (exact) mass is 180 g/mol. The summed E-state index contributed by atoms with van der Waals surface area (Å²) < 4.78 is 0. The van der Waals surface area contributed by atoms with E-state index in [9.17, 15) is 0 Å². The van der Waals surface area contributed by atoms with Gasteiger partial charge in [0.25, 0.3) is 0 Å². The standard InChI is InChI=1S/C9H12N2S/c1-8-6-12-7-9(8)11-5-3-2-4-10/h6-7,11H,2-3,5H2,1H3. The largest absolute Gasteiger partial charge is 0.384 e. The van der Waals surface area contributed by atoms with Gasteiger partial charge in [0.15, 0.2) is 0 Å². The minimum atomic E-state index is 0.635. The van der Waals surface area contributed by atoms with Crippen LogP contribution in [-0.4, -0.2) is 6.54 Å². The summed E-state index contributed by atoms with van der Waals surface area (Å²) in [6.45, 7) is 2.98. The minimum Gasteiger partial charge on any atom is -0.384 e. The van der Waals surface area contributed by atoms with Crippen molar-refractivity contribution in [1.82, 2.24) is 0 Å². The number of thiophene rings is 1. The van der Waals surface area contributed by atoms with Crippen LogP contribution < -0.4 is 5.32 Å². The van der Waals surface area contributed by atoms with Crippen LogP contribution in [0.3, 0.4) is 0 Å². The Morgan fingerprint density at radius 1 is 1.58 bits per heavy atom. The summed E-state index contributed by atoms with van der Waals surface area (Å²) in [6.07, 6.45) is 1.56. The Balaban J connectivity index is 2.25. The molecule has 1 heterocycles. The summed E-state index contributed by atoms with van der Waals surface area (Å²) in [5.74, 6) is 0. The molecule has 0 aliphatic rings. The number of hydrogen-bond acceptors (Lipinski definition) is 3. The van der Waals surface area contributed by atoms with Crippen LogP contribution in [0, 0.1) is 18.3 Å². The molecule has 2 nitrogen and oxygen atoms in total. The lowest BCUT2D eigenvalue weighted by molar-refractivity contribution is 0.897. The Bertz CT molecular complexity index is 272. The molecule has 1 aromatic rings. The molecule has 1 rings (SSSR count). The predicted octanol–water partition coefficient (Wildman–Crippen LogP) is 2.77. The summed E-state index contributed by atoms with van der Waals surface area (Å²) in [6, 6.07) is 2.13. The van der Waals surface area contributed by atoms with E-state index in [0.717, 1.165) is 13.0 Å². The normalized spacial score (nSPS) is 9.33.